The fraction of sp³-hybridized carbons (Fsp3) is 0.520. The van der Waals surface area contributed by atoms with Crippen molar-refractivity contribution in [1.29, 1.82) is 0 Å². The van der Waals surface area contributed by atoms with Crippen LogP contribution in [0.3, 0.4) is 0 Å². The smallest absolute Gasteiger partial charge is 0.227 e. The van der Waals surface area contributed by atoms with Gasteiger partial charge in [-0.05, 0) is 54.7 Å². The molecule has 9 heteroatoms. The van der Waals surface area contributed by atoms with Gasteiger partial charge in [-0.25, -0.2) is 15.0 Å². The highest BCUT2D eigenvalue weighted by molar-refractivity contribution is 7.88. The van der Waals surface area contributed by atoms with Crippen LogP contribution < -0.4 is 15.1 Å². The van der Waals surface area contributed by atoms with E-state index < -0.39 is 10.8 Å². The van der Waals surface area contributed by atoms with Crippen molar-refractivity contribution in [1.82, 2.24) is 19.9 Å². The van der Waals surface area contributed by atoms with Crippen LogP contribution in [0.1, 0.15) is 51.0 Å². The second-order valence-corrected chi connectivity index (χ2v) is 12.0. The molecular formula is C25H31N7OS. The summed E-state index contributed by atoms with van der Waals surface area (Å²) in [5.41, 5.74) is 1.20. The van der Waals surface area contributed by atoms with E-state index in [1.165, 1.54) is 24.8 Å². The van der Waals surface area contributed by atoms with Crippen molar-refractivity contribution in [2.24, 2.45) is 0 Å². The maximum Gasteiger partial charge on any atom is 0.227 e. The molecule has 0 bridgehead atoms. The van der Waals surface area contributed by atoms with Crippen LogP contribution in [0.2, 0.25) is 0 Å². The van der Waals surface area contributed by atoms with Crippen molar-refractivity contribution in [2.45, 2.75) is 50.2 Å². The van der Waals surface area contributed by atoms with E-state index >= 15 is 0 Å². The topological polar surface area (TPSA) is 87.1 Å². The molecule has 8 nitrogen and oxygen atoms in total. The first-order valence-corrected chi connectivity index (χ1v) is 13.6. The average molecular weight is 478 g/mol. The number of aromatic nitrogens is 4. The molecule has 3 aliphatic heterocycles. The maximum absolute atomic E-state index is 12.2. The van der Waals surface area contributed by atoms with Crippen molar-refractivity contribution >= 4 is 45.0 Å². The summed E-state index contributed by atoms with van der Waals surface area (Å²) >= 11 is 0. The van der Waals surface area contributed by atoms with E-state index in [0.717, 1.165) is 72.5 Å². The van der Waals surface area contributed by atoms with Crippen molar-refractivity contribution < 1.29 is 4.21 Å². The molecule has 6 heterocycles. The molecular weight excluding hydrogens is 446 g/mol. The lowest BCUT2D eigenvalue weighted by Gasteiger charge is -2.55. The van der Waals surface area contributed by atoms with Crippen LogP contribution >= 0.6 is 0 Å². The van der Waals surface area contributed by atoms with Gasteiger partial charge in [0.15, 0.2) is 0 Å². The predicted molar refractivity (Wildman–Crippen MR) is 138 cm³/mol. The van der Waals surface area contributed by atoms with Crippen molar-refractivity contribution in [2.75, 3.05) is 47.0 Å². The number of hydrogen-bond donors (Lipinski definition) is 1. The molecule has 3 aliphatic rings. The summed E-state index contributed by atoms with van der Waals surface area (Å²) in [6, 6.07) is 3.99. The largest absolute Gasteiger partial charge is 0.353 e. The Bertz CT molecular complexity index is 1250. The molecule has 1 spiro atoms. The van der Waals surface area contributed by atoms with E-state index in [9.17, 15) is 4.21 Å². The number of hydrogen-bond acceptors (Lipinski definition) is 8. The summed E-state index contributed by atoms with van der Waals surface area (Å²) in [6.07, 6.45) is 10.4. The molecule has 3 saturated heterocycles. The molecule has 0 aliphatic carbocycles. The second kappa shape index (κ2) is 8.45. The summed E-state index contributed by atoms with van der Waals surface area (Å²) in [6.45, 7) is 8.04. The van der Waals surface area contributed by atoms with Crippen molar-refractivity contribution in [3.63, 3.8) is 0 Å². The van der Waals surface area contributed by atoms with Gasteiger partial charge in [0.25, 0.3) is 0 Å². The van der Waals surface area contributed by atoms with Gasteiger partial charge in [0.2, 0.25) is 5.95 Å². The summed E-state index contributed by atoms with van der Waals surface area (Å²) in [7, 11) is -0.689. The van der Waals surface area contributed by atoms with Crippen LogP contribution in [-0.2, 0) is 10.8 Å². The fourth-order valence-electron chi connectivity index (χ4n) is 5.29. The van der Waals surface area contributed by atoms with Crippen LogP contribution in [0.5, 0.6) is 0 Å². The van der Waals surface area contributed by atoms with E-state index in [2.05, 4.69) is 40.0 Å². The number of anilines is 4. The Morgan fingerprint density at radius 2 is 1.82 bits per heavy atom. The monoisotopic (exact) mass is 477 g/mol. The first-order chi connectivity index (χ1) is 16.5. The minimum absolute atomic E-state index is 0.00126. The van der Waals surface area contributed by atoms with Gasteiger partial charge in [-0.1, -0.05) is 13.8 Å². The van der Waals surface area contributed by atoms with Gasteiger partial charge in [-0.2, -0.15) is 4.98 Å². The van der Waals surface area contributed by atoms with Crippen LogP contribution in [-0.4, -0.2) is 60.8 Å². The van der Waals surface area contributed by atoms with Gasteiger partial charge in [-0.15, -0.1) is 0 Å². The van der Waals surface area contributed by atoms with E-state index in [4.69, 9.17) is 15.0 Å². The third-order valence-electron chi connectivity index (χ3n) is 7.43. The molecule has 3 aromatic heterocycles. The minimum Gasteiger partial charge on any atom is -0.353 e. The zero-order chi connectivity index (χ0) is 23.3. The average Bonchev–Trinajstić information content (AvgIpc) is 2.82. The normalized spacial score (nSPS) is 21.6. The highest BCUT2D eigenvalue weighted by atomic mass is 32.2. The first-order valence-electron chi connectivity index (χ1n) is 12.3. The third-order valence-corrected chi connectivity index (χ3v) is 9.43. The Morgan fingerprint density at radius 3 is 2.53 bits per heavy atom. The second-order valence-electron chi connectivity index (χ2n) is 10.1. The van der Waals surface area contributed by atoms with E-state index in [1.807, 2.05) is 24.7 Å². The molecule has 6 rings (SSSR count). The van der Waals surface area contributed by atoms with Gasteiger partial charge in [0.05, 0.1) is 4.75 Å². The molecule has 1 N–H and O–H groups in total. The van der Waals surface area contributed by atoms with Gasteiger partial charge < -0.3 is 15.1 Å². The summed E-state index contributed by atoms with van der Waals surface area (Å²) in [5.74, 6) is 4.41. The lowest BCUT2D eigenvalue weighted by Crippen LogP contribution is -2.70. The summed E-state index contributed by atoms with van der Waals surface area (Å²) in [4.78, 5) is 23.3. The molecule has 34 heavy (non-hydrogen) atoms. The molecule has 3 aromatic rings. The maximum atomic E-state index is 12.2. The SMILES string of the molecule is CC(C)c1cnc(N2CC3(CCS3=O)C2)c2cnc(Nc3ccnc(N4CCCCC4)n3)cc12. The molecule has 0 saturated carbocycles. The lowest BCUT2D eigenvalue weighted by molar-refractivity contribution is 0.400. The number of pyridine rings is 2. The van der Waals surface area contributed by atoms with E-state index in [-0.39, 0.29) is 4.75 Å². The Hall–Kier alpha value is -2.81. The molecule has 178 valence electrons. The third kappa shape index (κ3) is 3.70. The summed E-state index contributed by atoms with van der Waals surface area (Å²) in [5, 5.41) is 5.59. The summed E-state index contributed by atoms with van der Waals surface area (Å²) < 4.78 is 12.2. The van der Waals surface area contributed by atoms with Gasteiger partial charge in [-0.3, -0.25) is 4.21 Å². The molecule has 1 unspecified atom stereocenters. The quantitative estimate of drug-likeness (QED) is 0.590. The van der Waals surface area contributed by atoms with Gasteiger partial charge in [0.1, 0.15) is 17.5 Å². The van der Waals surface area contributed by atoms with Crippen LogP contribution in [0.4, 0.5) is 23.4 Å². The Labute approximate surface area is 202 Å². The molecule has 0 amide bonds. The van der Waals surface area contributed by atoms with E-state index in [0.29, 0.717) is 5.92 Å². The van der Waals surface area contributed by atoms with E-state index in [1.54, 1.807) is 0 Å². The molecule has 0 aromatic carbocycles. The standard InChI is InChI=1S/C25H31N7OS/c1-17(2)19-13-28-23(32-15-25(16-32)7-11-34(25)33)20-14-27-22(12-18(19)20)29-21-6-8-26-24(30-21)31-9-4-3-5-10-31/h6,8,12-14,17H,3-5,7,9-11,15-16H2,1-2H3,(H,26,27,29,30). The predicted octanol–water partition coefficient (Wildman–Crippen LogP) is 3.99. The number of nitrogens with zero attached hydrogens (tertiary/aromatic N) is 6. The Balaban J connectivity index is 1.30. The zero-order valence-corrected chi connectivity index (χ0v) is 20.6. The Morgan fingerprint density at radius 1 is 1.00 bits per heavy atom. The highest BCUT2D eigenvalue weighted by Crippen LogP contribution is 2.43. The van der Waals surface area contributed by atoms with Crippen LogP contribution in [0.15, 0.2) is 30.7 Å². The Kier molecular flexibility index (Phi) is 5.39. The molecule has 1 atom stereocenters. The highest BCUT2D eigenvalue weighted by Gasteiger charge is 2.54. The number of fused-ring (bicyclic) bond motifs is 1. The van der Waals surface area contributed by atoms with Crippen molar-refractivity contribution in [3.8, 4) is 0 Å². The number of nitrogens with one attached hydrogen (secondary N) is 1. The number of piperidine rings is 1. The van der Waals surface area contributed by atoms with Crippen LogP contribution in [0.25, 0.3) is 10.8 Å². The first kappa shape index (κ1) is 21.7. The molecule has 3 fully saturated rings. The molecule has 0 radical (unpaired) electrons. The minimum atomic E-state index is -0.689. The van der Waals surface area contributed by atoms with Gasteiger partial charge >= 0.3 is 0 Å². The fourth-order valence-corrected chi connectivity index (χ4v) is 6.84. The number of rotatable bonds is 5. The zero-order valence-electron chi connectivity index (χ0n) is 19.8. The van der Waals surface area contributed by atoms with Gasteiger partial charge in [0, 0.05) is 66.7 Å². The van der Waals surface area contributed by atoms with Crippen LogP contribution in [0, 0.1) is 0 Å². The van der Waals surface area contributed by atoms with Crippen molar-refractivity contribution in [3.05, 3.63) is 36.3 Å². The lowest BCUT2D eigenvalue weighted by atomic mass is 9.93.